The Balaban J connectivity index is 1.92. The zero-order valence-electron chi connectivity index (χ0n) is 13.8. The fraction of sp³-hybridized carbons (Fsp3) is 0.167. The summed E-state index contributed by atoms with van der Waals surface area (Å²) >= 11 is 6.00. The summed E-state index contributed by atoms with van der Waals surface area (Å²) in [7, 11) is 1.86. The highest BCUT2D eigenvalue weighted by Gasteiger charge is 2.14. The van der Waals surface area contributed by atoms with E-state index in [1.54, 1.807) is 16.8 Å². The third-order valence-corrected chi connectivity index (χ3v) is 3.71. The number of nitrogen functional groups attached to an aromatic ring is 1. The number of halogens is 1. The van der Waals surface area contributed by atoms with E-state index in [4.69, 9.17) is 22.1 Å². The van der Waals surface area contributed by atoms with Crippen molar-refractivity contribution in [2.75, 3.05) is 12.3 Å². The molecule has 0 saturated heterocycles. The molecule has 0 atom stereocenters. The molecule has 0 spiro atoms. The van der Waals surface area contributed by atoms with Gasteiger partial charge in [-0.15, -0.1) is 0 Å². The highest BCUT2D eigenvalue weighted by Crippen LogP contribution is 2.26. The van der Waals surface area contributed by atoms with Crippen LogP contribution in [0.15, 0.2) is 49.2 Å². The van der Waals surface area contributed by atoms with Gasteiger partial charge < -0.3 is 10.5 Å². The number of aryl methyl sites for hydroxylation is 1. The van der Waals surface area contributed by atoms with Crippen molar-refractivity contribution in [1.29, 1.82) is 0 Å². The Labute approximate surface area is 150 Å². The van der Waals surface area contributed by atoms with E-state index in [1.165, 1.54) is 0 Å². The van der Waals surface area contributed by atoms with Crippen molar-refractivity contribution in [2.45, 2.75) is 6.42 Å². The molecule has 1 aromatic carbocycles. The Morgan fingerprint density at radius 3 is 2.92 bits per heavy atom. The summed E-state index contributed by atoms with van der Waals surface area (Å²) in [6.07, 6.45) is 4.35. The minimum atomic E-state index is 0.124. The molecule has 2 N–H and O–H groups in total. The molecule has 7 heteroatoms. The van der Waals surface area contributed by atoms with Gasteiger partial charge in [-0.2, -0.15) is 5.10 Å². The van der Waals surface area contributed by atoms with Crippen LogP contribution >= 0.6 is 11.6 Å². The number of hydrogen-bond donors (Lipinski definition) is 1. The molecular formula is C18H18ClN5O. The van der Waals surface area contributed by atoms with Gasteiger partial charge in [0.1, 0.15) is 23.2 Å². The summed E-state index contributed by atoms with van der Waals surface area (Å²) in [6.45, 7) is 4.13. The standard InChI is InChI=1S/C18H18ClN5O/c1-3-7-25-14-6-4-5-12(9-14)8-13-11-24(2)23-17(13)15-10-16(19)22-18(20)21-15/h3-6,9-11H,1,7-8H2,2H3,(H2,20,21,22). The molecule has 0 bridgehead atoms. The lowest BCUT2D eigenvalue weighted by atomic mass is 10.0. The van der Waals surface area contributed by atoms with Gasteiger partial charge in [0.05, 0.1) is 5.69 Å². The largest absolute Gasteiger partial charge is 0.490 e. The van der Waals surface area contributed by atoms with Crippen LogP contribution in [0.4, 0.5) is 5.95 Å². The first kappa shape index (κ1) is 17.0. The van der Waals surface area contributed by atoms with Gasteiger partial charge in [0.2, 0.25) is 5.95 Å². The van der Waals surface area contributed by atoms with Gasteiger partial charge in [0, 0.05) is 31.3 Å². The molecule has 0 aliphatic rings. The molecule has 3 rings (SSSR count). The summed E-state index contributed by atoms with van der Waals surface area (Å²) < 4.78 is 7.34. The number of benzene rings is 1. The monoisotopic (exact) mass is 355 g/mol. The molecule has 0 aliphatic heterocycles. The average molecular weight is 356 g/mol. The van der Waals surface area contributed by atoms with E-state index in [0.29, 0.717) is 23.9 Å². The summed E-state index contributed by atoms with van der Waals surface area (Å²) in [6, 6.07) is 9.58. The lowest BCUT2D eigenvalue weighted by Gasteiger charge is -2.07. The number of hydrogen-bond acceptors (Lipinski definition) is 5. The molecular weight excluding hydrogens is 338 g/mol. The molecule has 2 aromatic heterocycles. The predicted octanol–water partition coefficient (Wildman–Crippen LogP) is 3.27. The Morgan fingerprint density at radius 1 is 1.32 bits per heavy atom. The summed E-state index contributed by atoms with van der Waals surface area (Å²) in [5.41, 5.74) is 9.16. The first-order valence-corrected chi connectivity index (χ1v) is 8.08. The van der Waals surface area contributed by atoms with Crippen molar-refractivity contribution >= 4 is 17.5 Å². The van der Waals surface area contributed by atoms with Crippen LogP contribution in [0.1, 0.15) is 11.1 Å². The van der Waals surface area contributed by atoms with Crippen molar-refractivity contribution in [3.8, 4) is 17.1 Å². The Bertz CT molecular complexity index is 886. The number of aromatic nitrogens is 4. The molecule has 0 amide bonds. The van der Waals surface area contributed by atoms with E-state index >= 15 is 0 Å². The van der Waals surface area contributed by atoms with Crippen molar-refractivity contribution in [3.63, 3.8) is 0 Å². The van der Waals surface area contributed by atoms with Gasteiger partial charge in [-0.25, -0.2) is 9.97 Å². The van der Waals surface area contributed by atoms with Gasteiger partial charge in [-0.05, 0) is 17.7 Å². The predicted molar refractivity (Wildman–Crippen MR) is 98.6 cm³/mol. The normalized spacial score (nSPS) is 10.6. The molecule has 0 fully saturated rings. The van der Waals surface area contributed by atoms with Crippen LogP contribution < -0.4 is 10.5 Å². The molecule has 128 valence electrons. The maximum atomic E-state index is 6.00. The molecule has 6 nitrogen and oxygen atoms in total. The third kappa shape index (κ3) is 4.16. The third-order valence-electron chi connectivity index (χ3n) is 3.52. The zero-order chi connectivity index (χ0) is 17.8. The molecule has 3 aromatic rings. The van der Waals surface area contributed by atoms with Crippen molar-refractivity contribution in [3.05, 3.63) is 65.5 Å². The number of nitrogens with two attached hydrogens (primary N) is 1. The maximum absolute atomic E-state index is 6.00. The minimum Gasteiger partial charge on any atom is -0.490 e. The fourth-order valence-electron chi connectivity index (χ4n) is 2.56. The molecule has 0 unspecified atom stereocenters. The van der Waals surface area contributed by atoms with Crippen LogP contribution in [-0.4, -0.2) is 26.4 Å². The number of ether oxygens (including phenoxy) is 1. The topological polar surface area (TPSA) is 78.8 Å². The van der Waals surface area contributed by atoms with Gasteiger partial charge >= 0.3 is 0 Å². The number of nitrogens with zero attached hydrogens (tertiary/aromatic N) is 4. The fourth-order valence-corrected chi connectivity index (χ4v) is 2.75. The van der Waals surface area contributed by atoms with Gasteiger partial charge in [0.15, 0.2) is 0 Å². The average Bonchev–Trinajstić information content (AvgIpc) is 2.93. The lowest BCUT2D eigenvalue weighted by Crippen LogP contribution is -1.99. The SMILES string of the molecule is C=CCOc1cccc(Cc2cn(C)nc2-c2cc(Cl)nc(N)n2)c1. The molecule has 0 radical (unpaired) electrons. The second-order valence-corrected chi connectivity index (χ2v) is 5.92. The second kappa shape index (κ2) is 7.36. The first-order chi connectivity index (χ1) is 12.0. The molecule has 25 heavy (non-hydrogen) atoms. The van der Waals surface area contributed by atoms with E-state index < -0.39 is 0 Å². The van der Waals surface area contributed by atoms with Crippen molar-refractivity contribution in [2.24, 2.45) is 7.05 Å². The number of anilines is 1. The van der Waals surface area contributed by atoms with Crippen molar-refractivity contribution in [1.82, 2.24) is 19.7 Å². The van der Waals surface area contributed by atoms with Crippen LogP contribution in [0, 0.1) is 0 Å². The quantitative estimate of drug-likeness (QED) is 0.542. The van der Waals surface area contributed by atoms with Crippen LogP contribution in [-0.2, 0) is 13.5 Å². The Morgan fingerprint density at radius 2 is 2.16 bits per heavy atom. The van der Waals surface area contributed by atoms with Crippen LogP contribution in [0.3, 0.4) is 0 Å². The van der Waals surface area contributed by atoms with Gasteiger partial charge in [0.25, 0.3) is 0 Å². The lowest BCUT2D eigenvalue weighted by molar-refractivity contribution is 0.363. The smallest absolute Gasteiger partial charge is 0.222 e. The number of rotatable bonds is 6. The van der Waals surface area contributed by atoms with Crippen molar-refractivity contribution < 1.29 is 4.74 Å². The summed E-state index contributed by atoms with van der Waals surface area (Å²) in [5.74, 6) is 0.927. The van der Waals surface area contributed by atoms with Crippen LogP contribution in [0.5, 0.6) is 5.75 Å². The van der Waals surface area contributed by atoms with E-state index in [0.717, 1.165) is 22.6 Å². The minimum absolute atomic E-state index is 0.124. The Hall–Kier alpha value is -2.86. The Kier molecular flexibility index (Phi) is 5.00. The van der Waals surface area contributed by atoms with Gasteiger partial charge in [-0.1, -0.05) is 36.4 Å². The van der Waals surface area contributed by atoms with Gasteiger partial charge in [-0.3, -0.25) is 4.68 Å². The van der Waals surface area contributed by atoms with Crippen LogP contribution in [0.2, 0.25) is 5.15 Å². The highest BCUT2D eigenvalue weighted by molar-refractivity contribution is 6.29. The van der Waals surface area contributed by atoms with E-state index in [9.17, 15) is 0 Å². The van der Waals surface area contributed by atoms with E-state index in [1.807, 2.05) is 37.5 Å². The maximum Gasteiger partial charge on any atom is 0.222 e. The first-order valence-electron chi connectivity index (χ1n) is 7.70. The molecule has 0 aliphatic carbocycles. The highest BCUT2D eigenvalue weighted by atomic mass is 35.5. The van der Waals surface area contributed by atoms with E-state index in [-0.39, 0.29) is 5.95 Å². The molecule has 0 saturated carbocycles. The van der Waals surface area contributed by atoms with E-state index in [2.05, 4.69) is 21.6 Å². The molecule has 2 heterocycles. The van der Waals surface area contributed by atoms with Crippen LogP contribution in [0.25, 0.3) is 11.4 Å². The summed E-state index contributed by atoms with van der Waals surface area (Å²) in [4.78, 5) is 8.14. The summed E-state index contributed by atoms with van der Waals surface area (Å²) in [5, 5.41) is 4.79. The zero-order valence-corrected chi connectivity index (χ0v) is 14.6. The second-order valence-electron chi connectivity index (χ2n) is 5.53.